The maximum Gasteiger partial charge on any atom is 0.673 e. The Bertz CT molecular complexity index is 427. The highest BCUT2D eigenvalue weighted by molar-refractivity contribution is 6.50. The Morgan fingerprint density at radius 3 is 2.28 bits per heavy atom. The van der Waals surface area contributed by atoms with Crippen molar-refractivity contribution in [2.75, 3.05) is 18.7 Å². The quantitative estimate of drug-likeness (QED) is 0.564. The first-order valence-corrected chi connectivity index (χ1v) is 5.28. The van der Waals surface area contributed by atoms with Gasteiger partial charge in [0.15, 0.2) is 0 Å². The summed E-state index contributed by atoms with van der Waals surface area (Å²) in [6.45, 7) is 2.96. The predicted molar refractivity (Wildman–Crippen MR) is 64.6 cm³/mol. The molecule has 0 atom stereocenters. The summed E-state index contributed by atoms with van der Waals surface area (Å²) in [5.74, 6) is 0. The Morgan fingerprint density at radius 1 is 1.17 bits per heavy atom. The summed E-state index contributed by atoms with van der Waals surface area (Å²) in [5.41, 5.74) is 3.74. The van der Waals surface area contributed by atoms with Crippen LogP contribution in [0.3, 0.4) is 0 Å². The average molecular weight is 262 g/mol. The molecular weight excluding hydrogens is 249 g/mol. The van der Waals surface area contributed by atoms with E-state index in [1.54, 1.807) is 7.11 Å². The number of para-hydroxylation sites is 1. The molecular formula is C11H13BF4NO-. The van der Waals surface area contributed by atoms with Gasteiger partial charge in [0, 0.05) is 5.56 Å². The molecule has 100 valence electrons. The standard InChI is InChI=1S/C11H13NO.BF4/c1-9-7-8-12(13-2)11-6-4-3-5-10(9)11;2-1(3,4)5/h3-7H,8H2,1-2H3;/q;-1. The summed E-state index contributed by atoms with van der Waals surface area (Å²) in [6, 6.07) is 8.28. The lowest BCUT2D eigenvalue weighted by Crippen LogP contribution is -2.25. The van der Waals surface area contributed by atoms with E-state index in [0.717, 1.165) is 12.2 Å². The molecule has 1 aromatic rings. The van der Waals surface area contributed by atoms with Gasteiger partial charge in [-0.15, -0.1) is 0 Å². The van der Waals surface area contributed by atoms with Crippen LogP contribution in [0.1, 0.15) is 12.5 Å². The van der Waals surface area contributed by atoms with Crippen molar-refractivity contribution in [3.05, 3.63) is 35.9 Å². The van der Waals surface area contributed by atoms with Gasteiger partial charge in [-0.25, -0.2) is 0 Å². The van der Waals surface area contributed by atoms with Gasteiger partial charge in [0.25, 0.3) is 0 Å². The van der Waals surface area contributed by atoms with Crippen molar-refractivity contribution in [1.29, 1.82) is 0 Å². The largest absolute Gasteiger partial charge is 0.673 e. The van der Waals surface area contributed by atoms with E-state index in [4.69, 9.17) is 4.84 Å². The van der Waals surface area contributed by atoms with Crippen molar-refractivity contribution in [2.45, 2.75) is 6.92 Å². The fourth-order valence-electron chi connectivity index (χ4n) is 1.63. The number of hydrogen-bond donors (Lipinski definition) is 0. The third kappa shape index (κ3) is 4.41. The molecule has 0 aliphatic carbocycles. The molecule has 0 unspecified atom stereocenters. The topological polar surface area (TPSA) is 12.5 Å². The molecule has 0 spiro atoms. The Balaban J connectivity index is 0.000000280. The normalized spacial score (nSPS) is 14.3. The highest BCUT2D eigenvalue weighted by Gasteiger charge is 2.20. The van der Waals surface area contributed by atoms with Gasteiger partial charge in [-0.2, -0.15) is 0 Å². The molecule has 0 saturated heterocycles. The molecule has 0 fully saturated rings. The number of nitrogens with zero attached hydrogens (tertiary/aromatic N) is 1. The van der Waals surface area contributed by atoms with E-state index in [-0.39, 0.29) is 0 Å². The summed E-state index contributed by atoms with van der Waals surface area (Å²) in [5, 5.41) is 1.89. The van der Waals surface area contributed by atoms with Crippen LogP contribution in [-0.2, 0) is 4.84 Å². The Kier molecular flexibility index (Phi) is 4.78. The number of fused-ring (bicyclic) bond motifs is 1. The maximum atomic E-state index is 9.75. The second-order valence-electron chi connectivity index (χ2n) is 3.64. The minimum atomic E-state index is -6.00. The summed E-state index contributed by atoms with van der Waals surface area (Å²) in [6.07, 6.45) is 2.17. The Hall–Kier alpha value is -1.50. The monoisotopic (exact) mass is 262 g/mol. The molecule has 1 heterocycles. The van der Waals surface area contributed by atoms with E-state index in [9.17, 15) is 17.3 Å². The van der Waals surface area contributed by atoms with E-state index in [2.05, 4.69) is 31.2 Å². The van der Waals surface area contributed by atoms with Gasteiger partial charge in [0.05, 0.1) is 19.3 Å². The van der Waals surface area contributed by atoms with Crippen LogP contribution in [0.5, 0.6) is 0 Å². The van der Waals surface area contributed by atoms with Crippen LogP contribution < -0.4 is 5.06 Å². The second kappa shape index (κ2) is 5.90. The first kappa shape index (κ1) is 14.6. The molecule has 0 bridgehead atoms. The molecule has 0 amide bonds. The number of benzene rings is 1. The first-order chi connectivity index (χ1) is 8.33. The van der Waals surface area contributed by atoms with Crippen LogP contribution >= 0.6 is 0 Å². The lowest BCUT2D eigenvalue weighted by atomic mass is 10.0. The third-order valence-electron chi connectivity index (χ3n) is 2.38. The van der Waals surface area contributed by atoms with Gasteiger partial charge in [-0.3, -0.25) is 9.90 Å². The molecule has 7 heteroatoms. The minimum Gasteiger partial charge on any atom is -0.418 e. The molecule has 0 N–H and O–H groups in total. The van der Waals surface area contributed by atoms with E-state index in [1.165, 1.54) is 11.1 Å². The van der Waals surface area contributed by atoms with Crippen molar-refractivity contribution in [2.24, 2.45) is 0 Å². The molecule has 0 saturated carbocycles. The van der Waals surface area contributed by atoms with Gasteiger partial charge in [0.2, 0.25) is 0 Å². The van der Waals surface area contributed by atoms with E-state index in [0.29, 0.717) is 0 Å². The SMILES string of the molecule is CON1CC=C(C)c2ccccc21.F[B-](F)(F)F. The summed E-state index contributed by atoms with van der Waals surface area (Å²) >= 11 is 0. The Morgan fingerprint density at radius 2 is 1.72 bits per heavy atom. The van der Waals surface area contributed by atoms with Crippen molar-refractivity contribution >= 4 is 18.5 Å². The number of anilines is 1. The third-order valence-corrected chi connectivity index (χ3v) is 2.38. The fourth-order valence-corrected chi connectivity index (χ4v) is 1.63. The first-order valence-electron chi connectivity index (χ1n) is 5.28. The summed E-state index contributed by atoms with van der Waals surface area (Å²) in [4.78, 5) is 5.25. The van der Waals surface area contributed by atoms with Crippen LogP contribution in [-0.4, -0.2) is 20.9 Å². The van der Waals surface area contributed by atoms with E-state index < -0.39 is 7.25 Å². The van der Waals surface area contributed by atoms with Crippen LogP contribution in [0.15, 0.2) is 30.3 Å². The highest BCUT2D eigenvalue weighted by Crippen LogP contribution is 2.30. The molecule has 2 nitrogen and oxygen atoms in total. The molecule has 0 radical (unpaired) electrons. The second-order valence-corrected chi connectivity index (χ2v) is 3.64. The molecule has 18 heavy (non-hydrogen) atoms. The number of hydrogen-bond acceptors (Lipinski definition) is 2. The van der Waals surface area contributed by atoms with Gasteiger partial charge in [-0.05, 0) is 18.6 Å². The fraction of sp³-hybridized carbons (Fsp3) is 0.273. The molecule has 2 rings (SSSR count). The number of halogens is 4. The summed E-state index contributed by atoms with van der Waals surface area (Å²) in [7, 11) is -4.30. The minimum absolute atomic E-state index is 0.833. The van der Waals surface area contributed by atoms with Gasteiger partial charge < -0.3 is 17.3 Å². The van der Waals surface area contributed by atoms with Crippen molar-refractivity contribution in [3.63, 3.8) is 0 Å². The molecule has 1 aromatic carbocycles. The van der Waals surface area contributed by atoms with Crippen molar-refractivity contribution in [1.82, 2.24) is 0 Å². The van der Waals surface area contributed by atoms with Crippen molar-refractivity contribution in [3.8, 4) is 0 Å². The van der Waals surface area contributed by atoms with E-state index in [1.807, 2.05) is 11.1 Å². The highest BCUT2D eigenvalue weighted by atomic mass is 19.5. The van der Waals surface area contributed by atoms with Crippen molar-refractivity contribution < 1.29 is 22.1 Å². The smallest absolute Gasteiger partial charge is 0.418 e. The maximum absolute atomic E-state index is 9.75. The predicted octanol–water partition coefficient (Wildman–Crippen LogP) is 3.77. The number of hydroxylamine groups is 1. The van der Waals surface area contributed by atoms with Crippen LogP contribution in [0.25, 0.3) is 5.57 Å². The van der Waals surface area contributed by atoms with Crippen LogP contribution in [0.4, 0.5) is 23.0 Å². The number of rotatable bonds is 1. The van der Waals surface area contributed by atoms with E-state index >= 15 is 0 Å². The zero-order valence-corrected chi connectivity index (χ0v) is 10.0. The lowest BCUT2D eigenvalue weighted by Gasteiger charge is -2.27. The molecule has 1 aliphatic heterocycles. The zero-order valence-electron chi connectivity index (χ0n) is 10.0. The number of allylic oxidation sites excluding steroid dienone is 1. The Labute approximate surface area is 103 Å². The van der Waals surface area contributed by atoms with Crippen LogP contribution in [0, 0.1) is 0 Å². The molecule has 0 aromatic heterocycles. The summed E-state index contributed by atoms with van der Waals surface area (Å²) < 4.78 is 39.0. The zero-order chi connectivity index (χ0) is 13.8. The average Bonchev–Trinajstić information content (AvgIpc) is 2.28. The van der Waals surface area contributed by atoms with Gasteiger partial charge in [-0.1, -0.05) is 24.3 Å². The van der Waals surface area contributed by atoms with Gasteiger partial charge in [0.1, 0.15) is 0 Å². The molecule has 1 aliphatic rings. The van der Waals surface area contributed by atoms with Crippen LogP contribution in [0.2, 0.25) is 0 Å². The lowest BCUT2D eigenvalue weighted by molar-refractivity contribution is 0.174. The van der Waals surface area contributed by atoms with Gasteiger partial charge >= 0.3 is 7.25 Å².